The third-order valence-electron chi connectivity index (χ3n) is 2.39. The topological polar surface area (TPSA) is 72.1 Å². The molecule has 0 spiro atoms. The standard InChI is InChI=1S/C9H11ClN4O/c10-7-3-12-9(13-4-7)14-5-6(2-11)1-8(14)15/h3-4,6H,1-2,5,11H2. The van der Waals surface area contributed by atoms with E-state index in [1.54, 1.807) is 4.90 Å². The van der Waals surface area contributed by atoms with E-state index in [2.05, 4.69) is 9.97 Å². The lowest BCUT2D eigenvalue weighted by Crippen LogP contribution is -2.27. The van der Waals surface area contributed by atoms with E-state index >= 15 is 0 Å². The van der Waals surface area contributed by atoms with Gasteiger partial charge in [0.2, 0.25) is 11.9 Å². The molecule has 1 fully saturated rings. The van der Waals surface area contributed by atoms with Gasteiger partial charge >= 0.3 is 0 Å². The number of hydrogen-bond donors (Lipinski definition) is 1. The molecule has 0 radical (unpaired) electrons. The van der Waals surface area contributed by atoms with Crippen molar-refractivity contribution < 1.29 is 4.79 Å². The Balaban J connectivity index is 2.18. The van der Waals surface area contributed by atoms with Gasteiger partial charge in [-0.25, -0.2) is 9.97 Å². The summed E-state index contributed by atoms with van der Waals surface area (Å²) in [5.74, 6) is 0.630. The van der Waals surface area contributed by atoms with Gasteiger partial charge in [0.1, 0.15) is 0 Å². The van der Waals surface area contributed by atoms with E-state index < -0.39 is 0 Å². The van der Waals surface area contributed by atoms with Crippen molar-refractivity contribution in [1.29, 1.82) is 0 Å². The summed E-state index contributed by atoms with van der Waals surface area (Å²) in [4.78, 5) is 21.1. The number of hydrogen-bond acceptors (Lipinski definition) is 4. The van der Waals surface area contributed by atoms with Gasteiger partial charge < -0.3 is 5.73 Å². The molecule has 0 bridgehead atoms. The second-order valence-electron chi connectivity index (χ2n) is 3.51. The first-order valence-electron chi connectivity index (χ1n) is 4.68. The molecule has 1 unspecified atom stereocenters. The molecule has 1 aliphatic heterocycles. The first-order valence-corrected chi connectivity index (χ1v) is 5.06. The van der Waals surface area contributed by atoms with Crippen LogP contribution in [0.3, 0.4) is 0 Å². The highest BCUT2D eigenvalue weighted by Crippen LogP contribution is 2.21. The third kappa shape index (κ3) is 2.08. The molecular weight excluding hydrogens is 216 g/mol. The monoisotopic (exact) mass is 226 g/mol. The van der Waals surface area contributed by atoms with Gasteiger partial charge in [0.05, 0.1) is 17.4 Å². The molecule has 1 saturated heterocycles. The van der Waals surface area contributed by atoms with E-state index in [0.717, 1.165) is 0 Å². The number of halogens is 1. The van der Waals surface area contributed by atoms with E-state index in [9.17, 15) is 4.79 Å². The maximum Gasteiger partial charge on any atom is 0.232 e. The predicted molar refractivity (Wildman–Crippen MR) is 56.6 cm³/mol. The molecule has 1 amide bonds. The lowest BCUT2D eigenvalue weighted by molar-refractivity contribution is -0.117. The highest BCUT2D eigenvalue weighted by Gasteiger charge is 2.31. The Labute approximate surface area is 92.3 Å². The van der Waals surface area contributed by atoms with Gasteiger partial charge in [0.15, 0.2) is 0 Å². The van der Waals surface area contributed by atoms with Crippen LogP contribution in [0.15, 0.2) is 12.4 Å². The maximum absolute atomic E-state index is 11.6. The van der Waals surface area contributed by atoms with Crippen LogP contribution in [-0.4, -0.2) is 29.0 Å². The van der Waals surface area contributed by atoms with Gasteiger partial charge in [-0.15, -0.1) is 0 Å². The van der Waals surface area contributed by atoms with E-state index in [0.29, 0.717) is 30.5 Å². The molecule has 80 valence electrons. The lowest BCUT2D eigenvalue weighted by Gasteiger charge is -2.13. The van der Waals surface area contributed by atoms with Crippen molar-refractivity contribution in [3.05, 3.63) is 17.4 Å². The van der Waals surface area contributed by atoms with Crippen LogP contribution in [0, 0.1) is 5.92 Å². The molecule has 2 heterocycles. The second-order valence-corrected chi connectivity index (χ2v) is 3.95. The summed E-state index contributed by atoms with van der Waals surface area (Å²) in [6.45, 7) is 1.10. The van der Waals surface area contributed by atoms with E-state index in [1.807, 2.05) is 0 Å². The van der Waals surface area contributed by atoms with Gasteiger partial charge in [-0.3, -0.25) is 9.69 Å². The molecule has 6 heteroatoms. The van der Waals surface area contributed by atoms with Gasteiger partial charge in [-0.2, -0.15) is 0 Å². The largest absolute Gasteiger partial charge is 0.330 e. The summed E-state index contributed by atoms with van der Waals surface area (Å²) in [6, 6.07) is 0. The van der Waals surface area contributed by atoms with Crippen LogP contribution < -0.4 is 10.6 Å². The van der Waals surface area contributed by atoms with Crippen LogP contribution in [0.4, 0.5) is 5.95 Å². The van der Waals surface area contributed by atoms with Crippen LogP contribution >= 0.6 is 11.6 Å². The Morgan fingerprint density at radius 3 is 2.73 bits per heavy atom. The Bertz CT molecular complexity index is 367. The van der Waals surface area contributed by atoms with Gasteiger partial charge in [-0.05, 0) is 12.5 Å². The zero-order chi connectivity index (χ0) is 10.8. The highest BCUT2D eigenvalue weighted by atomic mass is 35.5. The summed E-state index contributed by atoms with van der Waals surface area (Å²) in [5, 5.41) is 0.459. The first-order chi connectivity index (χ1) is 7.20. The van der Waals surface area contributed by atoms with E-state index in [-0.39, 0.29) is 11.8 Å². The smallest absolute Gasteiger partial charge is 0.232 e. The fourth-order valence-electron chi connectivity index (χ4n) is 1.58. The van der Waals surface area contributed by atoms with Crippen molar-refractivity contribution >= 4 is 23.5 Å². The minimum Gasteiger partial charge on any atom is -0.330 e. The molecular formula is C9H11ClN4O. The van der Waals surface area contributed by atoms with Crippen LogP contribution in [0.2, 0.25) is 5.02 Å². The Morgan fingerprint density at radius 2 is 2.20 bits per heavy atom. The van der Waals surface area contributed by atoms with Crippen molar-refractivity contribution in [1.82, 2.24) is 9.97 Å². The van der Waals surface area contributed by atoms with Crippen LogP contribution in [0.1, 0.15) is 6.42 Å². The zero-order valence-electron chi connectivity index (χ0n) is 8.06. The minimum atomic E-state index is 0.0211. The Kier molecular flexibility index (Phi) is 2.83. The fraction of sp³-hybridized carbons (Fsp3) is 0.444. The molecule has 1 aliphatic rings. The predicted octanol–water partition coefficient (Wildman–Crippen LogP) is 0.442. The Morgan fingerprint density at radius 1 is 1.53 bits per heavy atom. The molecule has 0 aromatic carbocycles. The number of anilines is 1. The van der Waals surface area contributed by atoms with E-state index in [4.69, 9.17) is 17.3 Å². The van der Waals surface area contributed by atoms with Gasteiger partial charge in [-0.1, -0.05) is 11.6 Å². The first kappa shape index (κ1) is 10.3. The van der Waals surface area contributed by atoms with Gasteiger partial charge in [0.25, 0.3) is 0 Å². The average molecular weight is 227 g/mol. The quantitative estimate of drug-likeness (QED) is 0.795. The number of carbonyl (C=O) groups is 1. The van der Waals surface area contributed by atoms with Crippen LogP contribution in [0.5, 0.6) is 0 Å². The minimum absolute atomic E-state index is 0.0211. The third-order valence-corrected chi connectivity index (χ3v) is 2.58. The van der Waals surface area contributed by atoms with Crippen molar-refractivity contribution in [3.63, 3.8) is 0 Å². The molecule has 1 atom stereocenters. The molecule has 15 heavy (non-hydrogen) atoms. The number of carbonyl (C=O) groups excluding carboxylic acids is 1. The molecule has 1 aromatic heterocycles. The fourth-order valence-corrected chi connectivity index (χ4v) is 1.68. The number of nitrogens with two attached hydrogens (primary N) is 1. The highest BCUT2D eigenvalue weighted by molar-refractivity contribution is 6.30. The van der Waals surface area contributed by atoms with Crippen molar-refractivity contribution in [2.45, 2.75) is 6.42 Å². The summed E-state index contributed by atoms with van der Waals surface area (Å²) in [6.07, 6.45) is 3.43. The SMILES string of the molecule is NCC1CC(=O)N(c2ncc(Cl)cn2)C1. The maximum atomic E-state index is 11.6. The Hall–Kier alpha value is -1.20. The van der Waals surface area contributed by atoms with Crippen molar-refractivity contribution in [2.75, 3.05) is 18.0 Å². The molecule has 1 aromatic rings. The number of nitrogens with zero attached hydrogens (tertiary/aromatic N) is 3. The summed E-state index contributed by atoms with van der Waals surface area (Å²) >= 11 is 5.66. The number of amides is 1. The molecule has 0 aliphatic carbocycles. The lowest BCUT2D eigenvalue weighted by atomic mass is 10.1. The molecule has 5 nitrogen and oxygen atoms in total. The number of rotatable bonds is 2. The molecule has 2 rings (SSSR count). The van der Waals surface area contributed by atoms with Crippen LogP contribution in [0.25, 0.3) is 0 Å². The van der Waals surface area contributed by atoms with Crippen LogP contribution in [-0.2, 0) is 4.79 Å². The van der Waals surface area contributed by atoms with E-state index in [1.165, 1.54) is 12.4 Å². The molecule has 0 saturated carbocycles. The number of aromatic nitrogens is 2. The average Bonchev–Trinajstić information content (AvgIpc) is 2.61. The van der Waals surface area contributed by atoms with Crippen molar-refractivity contribution in [3.8, 4) is 0 Å². The summed E-state index contributed by atoms with van der Waals surface area (Å²) in [5.41, 5.74) is 5.52. The zero-order valence-corrected chi connectivity index (χ0v) is 8.81. The summed E-state index contributed by atoms with van der Waals surface area (Å²) in [7, 11) is 0. The van der Waals surface area contributed by atoms with Crippen molar-refractivity contribution in [2.24, 2.45) is 11.7 Å². The van der Waals surface area contributed by atoms with Gasteiger partial charge in [0, 0.05) is 13.0 Å². The summed E-state index contributed by atoms with van der Waals surface area (Å²) < 4.78 is 0. The molecule has 2 N–H and O–H groups in total. The second kappa shape index (κ2) is 4.12. The normalized spacial score (nSPS) is 21.1.